The predicted octanol–water partition coefficient (Wildman–Crippen LogP) is 3.90. The lowest BCUT2D eigenvalue weighted by Crippen LogP contribution is -2.03. The van der Waals surface area contributed by atoms with E-state index < -0.39 is 5.63 Å². The maximum absolute atomic E-state index is 12.0. The fourth-order valence-corrected chi connectivity index (χ4v) is 4.36. The average Bonchev–Trinajstić information content (AvgIpc) is 3.55. The molecule has 7 heteroatoms. The zero-order valence-electron chi connectivity index (χ0n) is 14.4. The number of hydrogen-bond acceptors (Lipinski definition) is 6. The first-order valence-electron chi connectivity index (χ1n) is 8.94. The van der Waals surface area contributed by atoms with Crippen molar-refractivity contribution >= 4 is 22.7 Å². The number of hydrogen-bond donors (Lipinski definition) is 1. The summed E-state index contributed by atoms with van der Waals surface area (Å²) in [5.74, 6) is 2.45. The minimum absolute atomic E-state index is 0.132. The van der Waals surface area contributed by atoms with Crippen LogP contribution in [0, 0.1) is 6.92 Å². The number of fused-ring (bicyclic) bond motifs is 1. The van der Waals surface area contributed by atoms with Gasteiger partial charge < -0.3 is 14.1 Å². The summed E-state index contributed by atoms with van der Waals surface area (Å²) in [6.07, 6.45) is 4.81. The highest BCUT2D eigenvalue weighted by atomic mass is 32.2. The van der Waals surface area contributed by atoms with Gasteiger partial charge in [-0.1, -0.05) is 11.8 Å². The van der Waals surface area contributed by atoms with E-state index in [1.165, 1.54) is 31.7 Å². The lowest BCUT2D eigenvalue weighted by Gasteiger charge is -2.10. The molecule has 2 aromatic heterocycles. The van der Waals surface area contributed by atoms with Crippen LogP contribution >= 0.6 is 11.8 Å². The van der Waals surface area contributed by atoms with Gasteiger partial charge in [-0.2, -0.15) is 0 Å². The summed E-state index contributed by atoms with van der Waals surface area (Å²) in [5, 5.41) is 20.5. The minimum atomic E-state index is -0.399. The molecule has 26 heavy (non-hydrogen) atoms. The van der Waals surface area contributed by atoms with Crippen LogP contribution in [0.5, 0.6) is 5.75 Å². The third kappa shape index (κ3) is 2.70. The van der Waals surface area contributed by atoms with E-state index in [0.717, 1.165) is 21.9 Å². The number of benzene rings is 1. The van der Waals surface area contributed by atoms with Gasteiger partial charge in [0.2, 0.25) is 0 Å². The molecule has 3 aromatic rings. The Labute approximate surface area is 154 Å². The van der Waals surface area contributed by atoms with Gasteiger partial charge >= 0.3 is 5.63 Å². The zero-order valence-corrected chi connectivity index (χ0v) is 15.3. The molecule has 1 N–H and O–H groups in total. The highest BCUT2D eigenvalue weighted by molar-refractivity contribution is 7.98. The van der Waals surface area contributed by atoms with Crippen LogP contribution in [0.15, 0.2) is 32.6 Å². The Morgan fingerprint density at radius 2 is 2.08 bits per heavy atom. The summed E-state index contributed by atoms with van der Waals surface area (Å²) in [5.41, 5.74) is 1.53. The molecule has 1 aromatic carbocycles. The molecule has 2 fully saturated rings. The Kier molecular flexibility index (Phi) is 3.60. The normalized spacial score (nSPS) is 17.1. The average molecular weight is 369 g/mol. The van der Waals surface area contributed by atoms with Crippen molar-refractivity contribution in [2.24, 2.45) is 0 Å². The topological polar surface area (TPSA) is 81.2 Å². The van der Waals surface area contributed by atoms with Crippen LogP contribution in [0.1, 0.15) is 54.6 Å². The van der Waals surface area contributed by atoms with E-state index >= 15 is 0 Å². The Bertz CT molecular complexity index is 1060. The first-order chi connectivity index (χ1) is 12.6. The second-order valence-corrected chi connectivity index (χ2v) is 8.12. The second kappa shape index (κ2) is 5.87. The van der Waals surface area contributed by atoms with Crippen LogP contribution in [0.3, 0.4) is 0 Å². The molecular formula is C19H19N3O3S. The van der Waals surface area contributed by atoms with Gasteiger partial charge in [0.25, 0.3) is 0 Å². The molecule has 2 saturated carbocycles. The molecule has 2 aliphatic rings. The van der Waals surface area contributed by atoms with Gasteiger partial charge in [0, 0.05) is 34.7 Å². The number of nitrogens with zero attached hydrogens (tertiary/aromatic N) is 3. The Morgan fingerprint density at radius 1 is 1.27 bits per heavy atom. The van der Waals surface area contributed by atoms with E-state index in [9.17, 15) is 9.90 Å². The van der Waals surface area contributed by atoms with Gasteiger partial charge in [-0.25, -0.2) is 4.79 Å². The molecule has 0 radical (unpaired) electrons. The van der Waals surface area contributed by atoms with Gasteiger partial charge in [-0.05, 0) is 50.3 Å². The van der Waals surface area contributed by atoms with Crippen molar-refractivity contribution in [3.05, 3.63) is 45.6 Å². The van der Waals surface area contributed by atoms with Gasteiger partial charge in [0.15, 0.2) is 5.16 Å². The lowest BCUT2D eigenvalue weighted by molar-refractivity contribution is 0.468. The highest BCUT2D eigenvalue weighted by Gasteiger charge is 2.36. The second-order valence-electron chi connectivity index (χ2n) is 7.18. The van der Waals surface area contributed by atoms with Gasteiger partial charge in [0.05, 0.1) is 0 Å². The summed E-state index contributed by atoms with van der Waals surface area (Å²) in [7, 11) is 0. The number of aryl methyl sites for hydroxylation is 1. The number of phenols is 1. The van der Waals surface area contributed by atoms with E-state index in [1.54, 1.807) is 30.8 Å². The number of aromatic nitrogens is 3. The fraction of sp³-hybridized carbons (Fsp3) is 0.421. The molecule has 0 bridgehead atoms. The number of rotatable bonds is 5. The summed E-state index contributed by atoms with van der Waals surface area (Å²) in [4.78, 5) is 12.0. The van der Waals surface area contributed by atoms with Crippen molar-refractivity contribution in [1.82, 2.24) is 14.8 Å². The van der Waals surface area contributed by atoms with Crippen LogP contribution in [0.25, 0.3) is 11.0 Å². The van der Waals surface area contributed by atoms with Crippen molar-refractivity contribution in [3.63, 3.8) is 0 Å². The first kappa shape index (κ1) is 15.9. The maximum Gasteiger partial charge on any atom is 0.336 e. The molecule has 0 aliphatic heterocycles. The van der Waals surface area contributed by atoms with Crippen LogP contribution in [0.4, 0.5) is 0 Å². The molecule has 0 atom stereocenters. The summed E-state index contributed by atoms with van der Waals surface area (Å²) in [6.45, 7) is 1.75. The summed E-state index contributed by atoms with van der Waals surface area (Å²) < 4.78 is 7.64. The monoisotopic (exact) mass is 369 g/mol. The zero-order chi connectivity index (χ0) is 17.8. The largest absolute Gasteiger partial charge is 0.508 e. The summed E-state index contributed by atoms with van der Waals surface area (Å²) in [6, 6.07) is 5.52. The maximum atomic E-state index is 12.0. The van der Waals surface area contributed by atoms with Gasteiger partial charge in [0.1, 0.15) is 17.2 Å². The quantitative estimate of drug-likeness (QED) is 0.543. The molecule has 2 aliphatic carbocycles. The number of aromatic hydroxyl groups is 1. The molecule has 0 unspecified atom stereocenters. The molecular weight excluding hydrogens is 350 g/mol. The van der Waals surface area contributed by atoms with Gasteiger partial charge in [-0.3, -0.25) is 0 Å². The van der Waals surface area contributed by atoms with E-state index in [0.29, 0.717) is 28.9 Å². The molecule has 2 heterocycles. The SMILES string of the molecule is Cc1c(O)ccc2c(CSc3nnc(C4CC4)n3C3CC3)cc(=O)oc12. The minimum Gasteiger partial charge on any atom is -0.508 e. The third-order valence-corrected chi connectivity index (χ3v) is 6.11. The van der Waals surface area contributed by atoms with Crippen LogP contribution in [-0.4, -0.2) is 19.9 Å². The van der Waals surface area contributed by atoms with Crippen molar-refractivity contribution in [3.8, 4) is 5.75 Å². The number of thioether (sulfide) groups is 1. The third-order valence-electron chi connectivity index (χ3n) is 5.12. The molecule has 0 spiro atoms. The molecule has 0 saturated heterocycles. The van der Waals surface area contributed by atoms with E-state index in [1.807, 2.05) is 0 Å². The number of phenolic OH excluding ortho intramolecular Hbond substituents is 1. The molecule has 6 nitrogen and oxygen atoms in total. The smallest absolute Gasteiger partial charge is 0.336 e. The van der Waals surface area contributed by atoms with Gasteiger partial charge in [-0.15, -0.1) is 10.2 Å². The van der Waals surface area contributed by atoms with Crippen LogP contribution < -0.4 is 5.63 Å². The van der Waals surface area contributed by atoms with E-state index in [2.05, 4.69) is 14.8 Å². The Morgan fingerprint density at radius 3 is 2.81 bits per heavy atom. The van der Waals surface area contributed by atoms with E-state index in [4.69, 9.17) is 4.42 Å². The predicted molar refractivity (Wildman–Crippen MR) is 98.7 cm³/mol. The van der Waals surface area contributed by atoms with Crippen molar-refractivity contribution in [2.75, 3.05) is 0 Å². The fourth-order valence-electron chi connectivity index (χ4n) is 3.36. The molecule has 134 valence electrons. The van der Waals surface area contributed by atoms with Crippen molar-refractivity contribution in [2.45, 2.75) is 55.5 Å². The van der Waals surface area contributed by atoms with E-state index in [-0.39, 0.29) is 5.75 Å². The Hall–Kier alpha value is -2.28. The molecule has 5 rings (SSSR count). The Balaban J connectivity index is 1.49. The van der Waals surface area contributed by atoms with Crippen molar-refractivity contribution in [1.29, 1.82) is 0 Å². The summed E-state index contributed by atoms with van der Waals surface area (Å²) >= 11 is 1.61. The molecule has 0 amide bonds. The standard InChI is InChI=1S/C19H19N3O3S/c1-10-15(23)7-6-14-12(8-16(24)25-17(10)14)9-26-19-21-20-18(11-2-3-11)22(19)13-4-5-13/h6-8,11,13,23H,2-5,9H2,1H3. The first-order valence-corrected chi connectivity index (χ1v) is 9.93. The van der Waals surface area contributed by atoms with Crippen LogP contribution in [0.2, 0.25) is 0 Å². The highest BCUT2D eigenvalue weighted by Crippen LogP contribution is 2.46. The van der Waals surface area contributed by atoms with Crippen LogP contribution in [-0.2, 0) is 5.75 Å². The lowest BCUT2D eigenvalue weighted by atomic mass is 10.1. The van der Waals surface area contributed by atoms with Crippen molar-refractivity contribution < 1.29 is 9.52 Å².